The Morgan fingerprint density at radius 3 is 3.00 bits per heavy atom. The van der Waals surface area contributed by atoms with Crippen LogP contribution in [0.15, 0.2) is 6.33 Å². The van der Waals surface area contributed by atoms with Crippen LogP contribution >= 0.6 is 0 Å². The molecule has 1 fully saturated rings. The predicted molar refractivity (Wildman–Crippen MR) is 75.0 cm³/mol. The van der Waals surface area contributed by atoms with Gasteiger partial charge in [-0.25, -0.2) is 4.98 Å². The fraction of sp³-hybridized carbons (Fsp3) is 0.857. The van der Waals surface area contributed by atoms with Crippen LogP contribution in [0, 0.1) is 5.92 Å². The Balaban J connectivity index is 2.05. The molecule has 1 aromatic heterocycles. The first-order chi connectivity index (χ1) is 9.26. The summed E-state index contributed by atoms with van der Waals surface area (Å²) in [7, 11) is 0. The molecule has 5 heteroatoms. The summed E-state index contributed by atoms with van der Waals surface area (Å²) in [5.41, 5.74) is 0. The van der Waals surface area contributed by atoms with Gasteiger partial charge >= 0.3 is 0 Å². The lowest BCUT2D eigenvalue weighted by Crippen LogP contribution is -2.44. The van der Waals surface area contributed by atoms with E-state index in [4.69, 9.17) is 4.74 Å². The molecule has 1 aromatic rings. The maximum Gasteiger partial charge on any atom is 0.138 e. The van der Waals surface area contributed by atoms with Gasteiger partial charge in [-0.3, -0.25) is 4.68 Å². The Kier molecular flexibility index (Phi) is 5.34. The summed E-state index contributed by atoms with van der Waals surface area (Å²) in [6, 6.07) is 0.335. The number of rotatable bonds is 7. The number of hydrogen-bond acceptors (Lipinski definition) is 4. The second kappa shape index (κ2) is 7.01. The van der Waals surface area contributed by atoms with Crippen LogP contribution in [0.25, 0.3) is 0 Å². The first kappa shape index (κ1) is 14.5. The van der Waals surface area contributed by atoms with Crippen molar-refractivity contribution in [2.45, 2.75) is 58.7 Å². The van der Waals surface area contributed by atoms with Crippen molar-refractivity contribution >= 4 is 0 Å². The fourth-order valence-corrected chi connectivity index (χ4v) is 2.84. The van der Waals surface area contributed by atoms with E-state index < -0.39 is 0 Å². The average Bonchev–Trinajstić information content (AvgIpc) is 2.99. The zero-order valence-corrected chi connectivity index (χ0v) is 12.3. The largest absolute Gasteiger partial charge is 0.376 e. The molecule has 108 valence electrons. The van der Waals surface area contributed by atoms with Crippen LogP contribution in [0.5, 0.6) is 0 Å². The molecule has 0 amide bonds. The number of hydrogen-bond donors (Lipinski definition) is 1. The van der Waals surface area contributed by atoms with Gasteiger partial charge in [0.15, 0.2) is 0 Å². The molecule has 0 aromatic carbocycles. The van der Waals surface area contributed by atoms with Crippen molar-refractivity contribution in [3.05, 3.63) is 12.2 Å². The van der Waals surface area contributed by atoms with E-state index >= 15 is 0 Å². The zero-order chi connectivity index (χ0) is 13.7. The Morgan fingerprint density at radius 1 is 1.53 bits per heavy atom. The van der Waals surface area contributed by atoms with E-state index in [9.17, 15) is 0 Å². The van der Waals surface area contributed by atoms with Crippen LogP contribution < -0.4 is 5.32 Å². The second-order valence-corrected chi connectivity index (χ2v) is 5.37. The zero-order valence-electron chi connectivity index (χ0n) is 12.3. The minimum atomic E-state index is 0.298. The number of likely N-dealkylation sites (N-methyl/N-ethyl adjacent to an activating group) is 1. The molecule has 0 bridgehead atoms. The van der Waals surface area contributed by atoms with E-state index in [0.29, 0.717) is 18.1 Å². The van der Waals surface area contributed by atoms with E-state index in [1.807, 2.05) is 4.68 Å². The molecule has 1 aliphatic rings. The number of nitrogens with one attached hydrogen (secondary N) is 1. The van der Waals surface area contributed by atoms with Gasteiger partial charge in [-0.05, 0) is 25.3 Å². The monoisotopic (exact) mass is 266 g/mol. The highest BCUT2D eigenvalue weighted by molar-refractivity contribution is 4.95. The lowest BCUT2D eigenvalue weighted by Gasteiger charge is -2.26. The lowest BCUT2D eigenvalue weighted by molar-refractivity contribution is 0.0605. The van der Waals surface area contributed by atoms with Gasteiger partial charge in [0.25, 0.3) is 0 Å². The van der Waals surface area contributed by atoms with Crippen molar-refractivity contribution in [3.63, 3.8) is 0 Å². The normalized spacial score (nSPS) is 24.8. The number of ether oxygens (including phenoxy) is 1. The molecule has 2 rings (SSSR count). The summed E-state index contributed by atoms with van der Waals surface area (Å²) in [4.78, 5) is 4.41. The van der Waals surface area contributed by atoms with Crippen molar-refractivity contribution in [2.75, 3.05) is 13.2 Å². The maximum atomic E-state index is 5.91. The van der Waals surface area contributed by atoms with Gasteiger partial charge in [0.1, 0.15) is 12.2 Å². The van der Waals surface area contributed by atoms with Crippen LogP contribution in [0.3, 0.4) is 0 Å². The molecule has 0 radical (unpaired) electrons. The first-order valence-corrected chi connectivity index (χ1v) is 7.47. The van der Waals surface area contributed by atoms with Crippen molar-refractivity contribution < 1.29 is 4.74 Å². The third-order valence-electron chi connectivity index (χ3n) is 3.84. The summed E-state index contributed by atoms with van der Waals surface area (Å²) in [6.45, 7) is 9.36. The molecule has 3 unspecified atom stereocenters. The highest BCUT2D eigenvalue weighted by Gasteiger charge is 2.32. The first-order valence-electron chi connectivity index (χ1n) is 7.47. The van der Waals surface area contributed by atoms with Crippen LogP contribution in [-0.4, -0.2) is 40.1 Å². The molecule has 19 heavy (non-hydrogen) atoms. The number of aryl methyl sites for hydroxylation is 1. The van der Waals surface area contributed by atoms with Gasteiger partial charge < -0.3 is 10.1 Å². The predicted octanol–water partition coefficient (Wildman–Crippen LogP) is 1.63. The Hall–Kier alpha value is -0.940. The van der Waals surface area contributed by atoms with E-state index in [2.05, 4.69) is 36.2 Å². The van der Waals surface area contributed by atoms with E-state index in [1.165, 1.54) is 0 Å². The van der Waals surface area contributed by atoms with E-state index in [1.54, 1.807) is 6.33 Å². The maximum absolute atomic E-state index is 5.91. The second-order valence-electron chi connectivity index (χ2n) is 5.37. The minimum absolute atomic E-state index is 0.298. The van der Waals surface area contributed by atoms with Gasteiger partial charge in [0, 0.05) is 25.6 Å². The summed E-state index contributed by atoms with van der Waals surface area (Å²) >= 11 is 0. The van der Waals surface area contributed by atoms with Gasteiger partial charge in [-0.15, -0.1) is 0 Å². The van der Waals surface area contributed by atoms with Crippen LogP contribution in [0.1, 0.15) is 39.4 Å². The van der Waals surface area contributed by atoms with E-state index in [0.717, 1.165) is 44.8 Å². The summed E-state index contributed by atoms with van der Waals surface area (Å²) in [5.74, 6) is 1.68. The Morgan fingerprint density at radius 2 is 2.37 bits per heavy atom. The van der Waals surface area contributed by atoms with Crippen molar-refractivity contribution in [1.82, 2.24) is 20.1 Å². The van der Waals surface area contributed by atoms with Gasteiger partial charge in [0.05, 0.1) is 6.10 Å². The smallest absolute Gasteiger partial charge is 0.138 e. The molecule has 0 aliphatic carbocycles. The molecule has 5 nitrogen and oxygen atoms in total. The summed E-state index contributed by atoms with van der Waals surface area (Å²) in [5, 5.41) is 7.86. The minimum Gasteiger partial charge on any atom is -0.376 e. The average molecular weight is 266 g/mol. The van der Waals surface area contributed by atoms with Crippen LogP contribution in [-0.2, 0) is 17.7 Å². The van der Waals surface area contributed by atoms with E-state index in [-0.39, 0.29) is 0 Å². The third-order valence-corrected chi connectivity index (χ3v) is 3.84. The van der Waals surface area contributed by atoms with Gasteiger partial charge in [-0.1, -0.05) is 20.8 Å². The van der Waals surface area contributed by atoms with Gasteiger partial charge in [-0.2, -0.15) is 5.10 Å². The number of aromatic nitrogens is 3. The highest BCUT2D eigenvalue weighted by atomic mass is 16.5. The highest BCUT2D eigenvalue weighted by Crippen LogP contribution is 2.24. The Labute approximate surface area is 115 Å². The van der Waals surface area contributed by atoms with Crippen molar-refractivity contribution in [2.24, 2.45) is 5.92 Å². The standard InChI is InChI=1S/C14H26N4O/c1-4-7-18-13(16-10-17-18)9-12(15-5-2)14-11(3)6-8-19-14/h10-12,14-15H,4-9H2,1-3H3. The number of nitrogens with zero attached hydrogens (tertiary/aromatic N) is 3. The fourth-order valence-electron chi connectivity index (χ4n) is 2.84. The molecule has 3 atom stereocenters. The SMILES string of the molecule is CCCn1ncnc1CC(NCC)C1OCCC1C. The molecule has 1 N–H and O–H groups in total. The molecule has 0 spiro atoms. The van der Waals surface area contributed by atoms with Crippen LogP contribution in [0.2, 0.25) is 0 Å². The molecule has 0 saturated carbocycles. The topological polar surface area (TPSA) is 52.0 Å². The van der Waals surface area contributed by atoms with Crippen molar-refractivity contribution in [3.8, 4) is 0 Å². The Bertz CT molecular complexity index is 379. The van der Waals surface area contributed by atoms with Gasteiger partial charge in [0.2, 0.25) is 0 Å². The summed E-state index contributed by atoms with van der Waals surface area (Å²) < 4.78 is 7.93. The molecular weight excluding hydrogens is 240 g/mol. The summed E-state index contributed by atoms with van der Waals surface area (Å²) in [6.07, 6.45) is 5.09. The van der Waals surface area contributed by atoms with Crippen LogP contribution in [0.4, 0.5) is 0 Å². The molecule has 2 heterocycles. The third kappa shape index (κ3) is 3.54. The molecular formula is C14H26N4O. The lowest BCUT2D eigenvalue weighted by atomic mass is 9.95. The quantitative estimate of drug-likeness (QED) is 0.815. The van der Waals surface area contributed by atoms with Crippen molar-refractivity contribution in [1.29, 1.82) is 0 Å². The molecule has 1 aliphatic heterocycles. The molecule has 1 saturated heterocycles.